The molecule has 4 aromatic rings. The number of carbonyl (C=O) groups is 1. The molecule has 0 fully saturated rings. The number of pyridine rings is 1. The molecule has 1 aliphatic carbocycles. The van der Waals surface area contributed by atoms with Crippen LogP contribution in [-0.4, -0.2) is 23.0 Å². The van der Waals surface area contributed by atoms with Crippen LogP contribution >= 0.6 is 22.7 Å². The first-order valence-corrected chi connectivity index (χ1v) is 11.8. The first-order valence-electron chi connectivity index (χ1n) is 10.1. The third-order valence-electron chi connectivity index (χ3n) is 5.65. The van der Waals surface area contributed by atoms with Crippen molar-refractivity contribution in [1.29, 1.82) is 0 Å². The van der Waals surface area contributed by atoms with E-state index in [4.69, 9.17) is 15.5 Å². The number of fused-ring (bicyclic) bond motifs is 2. The normalized spacial score (nSPS) is 15.6. The number of benzene rings is 1. The van der Waals surface area contributed by atoms with Gasteiger partial charge in [-0.2, -0.15) is 0 Å². The molecule has 1 unspecified atom stereocenters. The Morgan fingerprint density at radius 1 is 1.29 bits per heavy atom. The summed E-state index contributed by atoms with van der Waals surface area (Å²) in [5, 5.41) is 6.19. The van der Waals surface area contributed by atoms with E-state index in [1.807, 2.05) is 29.6 Å². The second kappa shape index (κ2) is 7.94. The van der Waals surface area contributed by atoms with Crippen LogP contribution in [0.1, 0.15) is 34.3 Å². The maximum Gasteiger partial charge on any atom is 0.269 e. The highest BCUT2D eigenvalue weighted by molar-refractivity contribution is 7.21. The summed E-state index contributed by atoms with van der Waals surface area (Å²) in [4.78, 5) is 23.7. The highest BCUT2D eigenvalue weighted by Crippen LogP contribution is 2.37. The van der Waals surface area contributed by atoms with Crippen LogP contribution in [0.3, 0.4) is 0 Å². The molecule has 8 heteroatoms. The Bertz CT molecular complexity index is 1290. The number of nitrogens with two attached hydrogens (primary N) is 1. The Balaban J connectivity index is 1.42. The van der Waals surface area contributed by atoms with Gasteiger partial charge in [0.15, 0.2) is 5.13 Å². The molecule has 1 atom stereocenters. The number of aryl methyl sites for hydroxylation is 1. The topological polar surface area (TPSA) is 90.1 Å². The molecule has 5 rings (SSSR count). The van der Waals surface area contributed by atoms with Crippen LogP contribution < -0.4 is 15.8 Å². The number of anilines is 2. The Morgan fingerprint density at radius 2 is 2.13 bits per heavy atom. The minimum absolute atomic E-state index is 0.257. The summed E-state index contributed by atoms with van der Waals surface area (Å²) in [5.41, 5.74) is 10.9. The van der Waals surface area contributed by atoms with E-state index in [9.17, 15) is 4.79 Å². The van der Waals surface area contributed by atoms with Crippen LogP contribution in [0.5, 0.6) is 5.75 Å². The van der Waals surface area contributed by atoms with Gasteiger partial charge in [-0.15, -0.1) is 22.7 Å². The Hall–Kier alpha value is -2.97. The summed E-state index contributed by atoms with van der Waals surface area (Å²) in [7, 11) is 1.63. The number of nitrogens with one attached hydrogen (secondary N) is 1. The third-order valence-corrected chi connectivity index (χ3v) is 7.52. The van der Waals surface area contributed by atoms with Crippen LogP contribution in [0.25, 0.3) is 21.5 Å². The summed E-state index contributed by atoms with van der Waals surface area (Å²) in [6, 6.07) is 9.80. The van der Waals surface area contributed by atoms with Crippen molar-refractivity contribution in [2.24, 2.45) is 5.92 Å². The van der Waals surface area contributed by atoms with Gasteiger partial charge in [-0.25, -0.2) is 9.97 Å². The largest absolute Gasteiger partial charge is 0.496 e. The lowest BCUT2D eigenvalue weighted by molar-refractivity contribution is 0.103. The van der Waals surface area contributed by atoms with Crippen molar-refractivity contribution in [3.8, 4) is 17.0 Å². The van der Waals surface area contributed by atoms with Gasteiger partial charge in [-0.05, 0) is 48.9 Å². The van der Waals surface area contributed by atoms with Gasteiger partial charge in [-0.1, -0.05) is 19.1 Å². The van der Waals surface area contributed by atoms with Crippen molar-refractivity contribution in [1.82, 2.24) is 9.97 Å². The Labute approximate surface area is 188 Å². The van der Waals surface area contributed by atoms with Crippen molar-refractivity contribution >= 4 is 49.6 Å². The predicted octanol–water partition coefficient (Wildman–Crippen LogP) is 5.39. The molecule has 0 saturated carbocycles. The molecule has 3 N–H and O–H groups in total. The average Bonchev–Trinajstić information content (AvgIpc) is 3.36. The van der Waals surface area contributed by atoms with Gasteiger partial charge in [0.05, 0.1) is 18.5 Å². The van der Waals surface area contributed by atoms with Crippen LogP contribution in [-0.2, 0) is 12.8 Å². The van der Waals surface area contributed by atoms with Crippen molar-refractivity contribution in [3.05, 3.63) is 51.8 Å². The number of nitrogens with zero attached hydrogens (tertiary/aromatic N) is 2. The number of carbonyl (C=O) groups excluding carboxylic acids is 1. The molecule has 3 aromatic heterocycles. The van der Waals surface area contributed by atoms with E-state index < -0.39 is 0 Å². The molecule has 1 aromatic carbocycles. The molecule has 0 saturated heterocycles. The third kappa shape index (κ3) is 3.66. The zero-order valence-corrected chi connectivity index (χ0v) is 18.9. The lowest BCUT2D eigenvalue weighted by atomic mass is 9.87. The van der Waals surface area contributed by atoms with Gasteiger partial charge in [0.1, 0.15) is 15.5 Å². The second-order valence-corrected chi connectivity index (χ2v) is 9.69. The number of hydrogen-bond donors (Lipinski definition) is 2. The van der Waals surface area contributed by atoms with E-state index in [-0.39, 0.29) is 5.91 Å². The summed E-state index contributed by atoms with van der Waals surface area (Å²) in [5.74, 6) is 1.13. The SMILES string of the molecule is COc1ccccc1-c1csc(NC(=O)c2sc3nc4c(cc3c2N)CC(C)CC4)n1. The first-order chi connectivity index (χ1) is 15.0. The molecule has 1 amide bonds. The zero-order valence-electron chi connectivity index (χ0n) is 17.3. The smallest absolute Gasteiger partial charge is 0.269 e. The molecule has 0 bridgehead atoms. The van der Waals surface area contributed by atoms with Crippen molar-refractivity contribution in [2.45, 2.75) is 26.2 Å². The Morgan fingerprint density at radius 3 is 2.97 bits per heavy atom. The molecule has 0 spiro atoms. The first kappa shape index (κ1) is 20.0. The Kier molecular flexibility index (Phi) is 5.11. The summed E-state index contributed by atoms with van der Waals surface area (Å²) >= 11 is 2.71. The number of ether oxygens (including phenoxy) is 1. The lowest BCUT2D eigenvalue weighted by Crippen LogP contribution is -2.12. The van der Waals surface area contributed by atoms with Crippen LogP contribution in [0.15, 0.2) is 35.7 Å². The summed E-state index contributed by atoms with van der Waals surface area (Å²) in [6.07, 6.45) is 3.15. The minimum atomic E-state index is -0.257. The van der Waals surface area contributed by atoms with Gasteiger partial charge in [0, 0.05) is 22.0 Å². The molecule has 31 heavy (non-hydrogen) atoms. The maximum absolute atomic E-state index is 13.0. The van der Waals surface area contributed by atoms with E-state index in [2.05, 4.69) is 23.3 Å². The summed E-state index contributed by atoms with van der Waals surface area (Å²) in [6.45, 7) is 2.26. The molecular formula is C23H22N4O2S2. The number of amides is 1. The predicted molar refractivity (Wildman–Crippen MR) is 127 cm³/mol. The van der Waals surface area contributed by atoms with Crippen molar-refractivity contribution < 1.29 is 9.53 Å². The van der Waals surface area contributed by atoms with Crippen LogP contribution in [0, 0.1) is 5.92 Å². The maximum atomic E-state index is 13.0. The van der Waals surface area contributed by atoms with Gasteiger partial charge in [-0.3, -0.25) is 10.1 Å². The summed E-state index contributed by atoms with van der Waals surface area (Å²) < 4.78 is 5.41. The average molecular weight is 451 g/mol. The van der Waals surface area contributed by atoms with Gasteiger partial charge in [0.25, 0.3) is 5.91 Å². The van der Waals surface area contributed by atoms with E-state index in [0.29, 0.717) is 21.6 Å². The quantitative estimate of drug-likeness (QED) is 0.435. The van der Waals surface area contributed by atoms with E-state index in [1.165, 1.54) is 28.2 Å². The van der Waals surface area contributed by atoms with Crippen LogP contribution in [0.4, 0.5) is 10.8 Å². The van der Waals surface area contributed by atoms with Crippen molar-refractivity contribution in [2.75, 3.05) is 18.2 Å². The number of para-hydroxylation sites is 1. The fourth-order valence-electron chi connectivity index (χ4n) is 4.01. The van der Waals surface area contributed by atoms with E-state index in [0.717, 1.165) is 52.2 Å². The number of methoxy groups -OCH3 is 1. The van der Waals surface area contributed by atoms with Gasteiger partial charge in [0.2, 0.25) is 0 Å². The molecule has 158 valence electrons. The number of rotatable bonds is 4. The highest BCUT2D eigenvalue weighted by Gasteiger charge is 2.23. The van der Waals surface area contributed by atoms with Gasteiger partial charge >= 0.3 is 0 Å². The number of thiophene rings is 1. The van der Waals surface area contributed by atoms with E-state index >= 15 is 0 Å². The van der Waals surface area contributed by atoms with E-state index in [1.54, 1.807) is 7.11 Å². The molecular weight excluding hydrogens is 428 g/mol. The molecule has 6 nitrogen and oxygen atoms in total. The molecule has 0 aliphatic heterocycles. The van der Waals surface area contributed by atoms with Crippen LogP contribution in [0.2, 0.25) is 0 Å². The second-order valence-electron chi connectivity index (χ2n) is 7.83. The monoisotopic (exact) mass is 450 g/mol. The fourth-order valence-corrected chi connectivity index (χ4v) is 5.70. The lowest BCUT2D eigenvalue weighted by Gasteiger charge is -2.20. The highest BCUT2D eigenvalue weighted by atomic mass is 32.1. The van der Waals surface area contributed by atoms with Crippen molar-refractivity contribution in [3.63, 3.8) is 0 Å². The molecule has 0 radical (unpaired) electrons. The van der Waals surface area contributed by atoms with Gasteiger partial charge < -0.3 is 10.5 Å². The zero-order chi connectivity index (χ0) is 21.5. The fraction of sp³-hybridized carbons (Fsp3) is 0.261. The number of thiazole rings is 1. The number of hydrogen-bond acceptors (Lipinski definition) is 7. The molecule has 3 heterocycles. The number of aromatic nitrogens is 2. The minimum Gasteiger partial charge on any atom is -0.496 e. The molecule has 1 aliphatic rings. The number of nitrogen functional groups attached to an aromatic ring is 1. The standard InChI is InChI=1S/C23H22N4O2S2/c1-12-7-8-16-13(9-12)10-15-19(24)20(31-22(15)25-16)21(28)27-23-26-17(11-30-23)14-5-3-4-6-18(14)29-2/h3-6,10-12H,7-9,24H2,1-2H3,(H,26,27,28).